The number of aromatic nitrogens is 1. The first-order chi connectivity index (χ1) is 6.80. The molecule has 0 aliphatic carbocycles. The molecular weight excluding hydrogens is 174 g/mol. The maximum absolute atomic E-state index is 4.44. The Hall–Kier alpha value is -1.25. The number of rotatable bonds is 5. The fraction of sp³-hybridized carbons (Fsp3) is 0.545. The summed E-state index contributed by atoms with van der Waals surface area (Å²) in [6.07, 6.45) is 1.04. The van der Waals surface area contributed by atoms with Crippen molar-refractivity contribution >= 4 is 11.6 Å². The molecule has 1 aromatic heterocycles. The van der Waals surface area contributed by atoms with Gasteiger partial charge in [0.25, 0.3) is 0 Å². The van der Waals surface area contributed by atoms with Crippen LogP contribution in [0.1, 0.15) is 26.3 Å². The van der Waals surface area contributed by atoms with Crippen LogP contribution in [0.2, 0.25) is 0 Å². The molecule has 0 aromatic carbocycles. The summed E-state index contributed by atoms with van der Waals surface area (Å²) < 4.78 is 0. The van der Waals surface area contributed by atoms with Crippen molar-refractivity contribution in [3.8, 4) is 0 Å². The summed E-state index contributed by atoms with van der Waals surface area (Å²) in [4.78, 5) is 4.44. The summed E-state index contributed by atoms with van der Waals surface area (Å²) in [5.74, 6) is 1.92. The van der Waals surface area contributed by atoms with Crippen LogP contribution in [0.15, 0.2) is 12.1 Å². The van der Waals surface area contributed by atoms with E-state index in [1.54, 1.807) is 0 Å². The molecule has 3 nitrogen and oxygen atoms in total. The minimum atomic E-state index is 0.908. The number of nitrogens with one attached hydrogen (secondary N) is 2. The normalized spacial score (nSPS) is 9.93. The first-order valence-electron chi connectivity index (χ1n) is 5.28. The molecule has 0 atom stereocenters. The summed E-state index contributed by atoms with van der Waals surface area (Å²) in [7, 11) is 0. The van der Waals surface area contributed by atoms with Gasteiger partial charge in [0.1, 0.15) is 11.6 Å². The maximum atomic E-state index is 4.44. The van der Waals surface area contributed by atoms with E-state index in [1.807, 2.05) is 0 Å². The largest absolute Gasteiger partial charge is 0.370 e. The first-order valence-corrected chi connectivity index (χ1v) is 5.28. The Kier molecular flexibility index (Phi) is 4.23. The van der Waals surface area contributed by atoms with E-state index in [0.29, 0.717) is 0 Å². The summed E-state index contributed by atoms with van der Waals surface area (Å²) in [6, 6.07) is 4.20. The summed E-state index contributed by atoms with van der Waals surface area (Å²) in [6.45, 7) is 8.12. The monoisotopic (exact) mass is 193 g/mol. The molecule has 1 rings (SSSR count). The molecular formula is C11H19N3. The van der Waals surface area contributed by atoms with E-state index in [4.69, 9.17) is 0 Å². The molecule has 0 fully saturated rings. The SMILES string of the molecule is CCNc1cc(CC)cc(NCC)n1. The lowest BCUT2D eigenvalue weighted by Crippen LogP contribution is -2.05. The molecule has 0 radical (unpaired) electrons. The van der Waals surface area contributed by atoms with Gasteiger partial charge in [0.15, 0.2) is 0 Å². The number of anilines is 2. The van der Waals surface area contributed by atoms with Crippen molar-refractivity contribution in [1.82, 2.24) is 4.98 Å². The molecule has 0 amide bonds. The van der Waals surface area contributed by atoms with Crippen molar-refractivity contribution < 1.29 is 0 Å². The van der Waals surface area contributed by atoms with E-state index in [9.17, 15) is 0 Å². The van der Waals surface area contributed by atoms with Gasteiger partial charge in [-0.15, -0.1) is 0 Å². The third-order valence-electron chi connectivity index (χ3n) is 2.01. The molecule has 0 unspecified atom stereocenters. The maximum Gasteiger partial charge on any atom is 0.128 e. The van der Waals surface area contributed by atoms with Crippen LogP contribution in [-0.2, 0) is 6.42 Å². The van der Waals surface area contributed by atoms with Crippen LogP contribution in [0.4, 0.5) is 11.6 Å². The minimum Gasteiger partial charge on any atom is -0.370 e. The van der Waals surface area contributed by atoms with E-state index in [2.05, 4.69) is 48.5 Å². The Morgan fingerprint density at radius 2 is 1.50 bits per heavy atom. The summed E-state index contributed by atoms with van der Waals surface area (Å²) in [5, 5.41) is 6.46. The Morgan fingerprint density at radius 3 is 1.86 bits per heavy atom. The Labute approximate surface area is 85.9 Å². The fourth-order valence-corrected chi connectivity index (χ4v) is 1.33. The van der Waals surface area contributed by atoms with Crippen molar-refractivity contribution in [2.24, 2.45) is 0 Å². The highest BCUT2D eigenvalue weighted by Crippen LogP contribution is 2.14. The van der Waals surface area contributed by atoms with Gasteiger partial charge in [0, 0.05) is 13.1 Å². The van der Waals surface area contributed by atoms with Gasteiger partial charge >= 0.3 is 0 Å². The molecule has 0 aliphatic heterocycles. The van der Waals surface area contributed by atoms with E-state index in [0.717, 1.165) is 31.1 Å². The van der Waals surface area contributed by atoms with Gasteiger partial charge in [-0.25, -0.2) is 4.98 Å². The van der Waals surface area contributed by atoms with E-state index in [1.165, 1.54) is 5.56 Å². The average molecular weight is 193 g/mol. The lowest BCUT2D eigenvalue weighted by molar-refractivity contribution is 1.08. The first kappa shape index (κ1) is 10.8. The predicted octanol–water partition coefficient (Wildman–Crippen LogP) is 2.51. The average Bonchev–Trinajstić information content (AvgIpc) is 2.18. The Morgan fingerprint density at radius 1 is 1.00 bits per heavy atom. The van der Waals surface area contributed by atoms with Gasteiger partial charge < -0.3 is 10.6 Å². The third-order valence-corrected chi connectivity index (χ3v) is 2.01. The molecule has 0 bridgehead atoms. The van der Waals surface area contributed by atoms with Gasteiger partial charge in [-0.3, -0.25) is 0 Å². The highest BCUT2D eigenvalue weighted by atomic mass is 15.1. The van der Waals surface area contributed by atoms with Crippen LogP contribution in [0.5, 0.6) is 0 Å². The van der Waals surface area contributed by atoms with Crippen LogP contribution in [0.3, 0.4) is 0 Å². The van der Waals surface area contributed by atoms with Gasteiger partial charge in [-0.05, 0) is 38.0 Å². The fourth-order valence-electron chi connectivity index (χ4n) is 1.33. The molecule has 14 heavy (non-hydrogen) atoms. The highest BCUT2D eigenvalue weighted by Gasteiger charge is 1.99. The molecule has 1 aromatic rings. The van der Waals surface area contributed by atoms with Crippen LogP contribution < -0.4 is 10.6 Å². The number of pyridine rings is 1. The van der Waals surface area contributed by atoms with Crippen molar-refractivity contribution in [2.75, 3.05) is 23.7 Å². The zero-order chi connectivity index (χ0) is 10.4. The van der Waals surface area contributed by atoms with Crippen LogP contribution in [0, 0.1) is 0 Å². The van der Waals surface area contributed by atoms with Gasteiger partial charge in [0.05, 0.1) is 0 Å². The molecule has 0 aliphatic rings. The standard InChI is InChI=1S/C11H19N3/c1-4-9-7-10(12-5-2)14-11(8-9)13-6-3/h7-8H,4-6H2,1-3H3,(H2,12,13,14). The number of hydrogen-bond donors (Lipinski definition) is 2. The number of hydrogen-bond acceptors (Lipinski definition) is 3. The topological polar surface area (TPSA) is 37.0 Å². The molecule has 0 spiro atoms. The predicted molar refractivity (Wildman–Crippen MR) is 61.9 cm³/mol. The lowest BCUT2D eigenvalue weighted by Gasteiger charge is -2.09. The smallest absolute Gasteiger partial charge is 0.128 e. The molecule has 0 saturated heterocycles. The lowest BCUT2D eigenvalue weighted by atomic mass is 10.2. The van der Waals surface area contributed by atoms with Gasteiger partial charge in [0.2, 0.25) is 0 Å². The molecule has 1 heterocycles. The van der Waals surface area contributed by atoms with Crippen LogP contribution in [0.25, 0.3) is 0 Å². The second-order valence-corrected chi connectivity index (χ2v) is 3.16. The third kappa shape index (κ3) is 2.91. The summed E-state index contributed by atoms with van der Waals surface area (Å²) >= 11 is 0. The Bertz CT molecular complexity index is 260. The zero-order valence-corrected chi connectivity index (χ0v) is 9.22. The molecule has 3 heteroatoms. The van der Waals surface area contributed by atoms with Crippen molar-refractivity contribution in [3.05, 3.63) is 17.7 Å². The van der Waals surface area contributed by atoms with Gasteiger partial charge in [-0.1, -0.05) is 6.92 Å². The second-order valence-electron chi connectivity index (χ2n) is 3.16. The van der Waals surface area contributed by atoms with Crippen molar-refractivity contribution in [1.29, 1.82) is 0 Å². The van der Waals surface area contributed by atoms with Crippen LogP contribution in [-0.4, -0.2) is 18.1 Å². The van der Waals surface area contributed by atoms with Crippen molar-refractivity contribution in [3.63, 3.8) is 0 Å². The van der Waals surface area contributed by atoms with E-state index >= 15 is 0 Å². The quantitative estimate of drug-likeness (QED) is 0.754. The highest BCUT2D eigenvalue weighted by molar-refractivity contribution is 5.48. The second kappa shape index (κ2) is 5.47. The van der Waals surface area contributed by atoms with Crippen LogP contribution >= 0.6 is 0 Å². The van der Waals surface area contributed by atoms with Crippen molar-refractivity contribution in [2.45, 2.75) is 27.2 Å². The minimum absolute atomic E-state index is 0.908. The van der Waals surface area contributed by atoms with E-state index in [-0.39, 0.29) is 0 Å². The number of nitrogens with zero attached hydrogens (tertiary/aromatic N) is 1. The van der Waals surface area contributed by atoms with E-state index < -0.39 is 0 Å². The molecule has 78 valence electrons. The number of aryl methyl sites for hydroxylation is 1. The van der Waals surface area contributed by atoms with Gasteiger partial charge in [-0.2, -0.15) is 0 Å². The molecule has 0 saturated carbocycles. The zero-order valence-electron chi connectivity index (χ0n) is 9.22. The molecule has 2 N–H and O–H groups in total. The Balaban J connectivity index is 2.88. The summed E-state index contributed by atoms with van der Waals surface area (Å²) in [5.41, 5.74) is 1.31.